The summed E-state index contributed by atoms with van der Waals surface area (Å²) in [6, 6.07) is 4.98. The maximum Gasteiger partial charge on any atom is 0.338 e. The van der Waals surface area contributed by atoms with Crippen LogP contribution in [0.3, 0.4) is 0 Å². The van der Waals surface area contributed by atoms with Crippen LogP contribution in [-0.4, -0.2) is 30.5 Å². The van der Waals surface area contributed by atoms with Gasteiger partial charge in [-0.15, -0.1) is 0 Å². The molecule has 0 amide bonds. The van der Waals surface area contributed by atoms with Crippen LogP contribution in [0, 0.1) is 0 Å². The first-order chi connectivity index (χ1) is 8.16. The molecule has 5 heteroatoms. The van der Waals surface area contributed by atoms with Gasteiger partial charge in [-0.3, -0.25) is 0 Å². The number of benzene rings is 1. The predicted octanol–water partition coefficient (Wildman–Crippen LogP) is 1.81. The molecule has 0 fully saturated rings. The standard InChI is InChI=1S/C12H13FO4/c13-9(12(14)15)6-8-2-3-10-11(7-8)17-5-1-4-16-10/h2-3,7,9H,1,4-6H2,(H,14,15). The van der Waals surface area contributed by atoms with E-state index in [0.717, 1.165) is 6.42 Å². The Bertz CT molecular complexity index is 419. The number of carbonyl (C=O) groups is 1. The number of alkyl halides is 1. The zero-order chi connectivity index (χ0) is 12.3. The summed E-state index contributed by atoms with van der Waals surface area (Å²) in [5.74, 6) is -0.272. The molecule has 0 saturated carbocycles. The highest BCUT2D eigenvalue weighted by Gasteiger charge is 2.18. The lowest BCUT2D eigenvalue weighted by Crippen LogP contribution is -2.17. The smallest absolute Gasteiger partial charge is 0.338 e. The molecule has 1 unspecified atom stereocenters. The van der Waals surface area contributed by atoms with E-state index >= 15 is 0 Å². The van der Waals surface area contributed by atoms with Crippen LogP contribution in [0.1, 0.15) is 12.0 Å². The Kier molecular flexibility index (Phi) is 3.46. The third-order valence-electron chi connectivity index (χ3n) is 2.49. The first-order valence-corrected chi connectivity index (χ1v) is 5.42. The summed E-state index contributed by atoms with van der Waals surface area (Å²) in [6.07, 6.45) is -1.25. The number of aliphatic carboxylic acids is 1. The second kappa shape index (κ2) is 5.03. The van der Waals surface area contributed by atoms with Gasteiger partial charge in [0.1, 0.15) is 0 Å². The molecule has 1 aromatic carbocycles. The summed E-state index contributed by atoms with van der Waals surface area (Å²) in [6.45, 7) is 1.14. The normalized spacial score (nSPS) is 16.1. The topological polar surface area (TPSA) is 55.8 Å². The maximum absolute atomic E-state index is 13.1. The van der Waals surface area contributed by atoms with Crippen molar-refractivity contribution in [1.82, 2.24) is 0 Å². The van der Waals surface area contributed by atoms with Crippen LogP contribution in [0.2, 0.25) is 0 Å². The second-order valence-electron chi connectivity index (χ2n) is 3.84. The summed E-state index contributed by atoms with van der Waals surface area (Å²) in [7, 11) is 0. The third-order valence-corrected chi connectivity index (χ3v) is 2.49. The van der Waals surface area contributed by atoms with Crippen LogP contribution in [0.15, 0.2) is 18.2 Å². The minimum absolute atomic E-state index is 0.161. The average Bonchev–Trinajstić information content (AvgIpc) is 2.53. The van der Waals surface area contributed by atoms with Gasteiger partial charge in [-0.05, 0) is 17.7 Å². The minimum Gasteiger partial charge on any atom is -0.490 e. The van der Waals surface area contributed by atoms with Crippen molar-refractivity contribution >= 4 is 5.97 Å². The second-order valence-corrected chi connectivity index (χ2v) is 3.84. The molecule has 0 radical (unpaired) electrons. The Morgan fingerprint density at radius 2 is 2.06 bits per heavy atom. The van der Waals surface area contributed by atoms with Gasteiger partial charge in [-0.1, -0.05) is 6.07 Å². The van der Waals surface area contributed by atoms with E-state index in [1.807, 2.05) is 0 Å². The highest BCUT2D eigenvalue weighted by molar-refractivity contribution is 5.72. The number of halogens is 1. The Balaban J connectivity index is 2.15. The molecular formula is C12H13FO4. The molecule has 1 aliphatic heterocycles. The van der Waals surface area contributed by atoms with Gasteiger partial charge in [0.2, 0.25) is 6.17 Å². The minimum atomic E-state index is -1.89. The number of hydrogen-bond donors (Lipinski definition) is 1. The van der Waals surface area contributed by atoms with E-state index < -0.39 is 12.1 Å². The molecule has 17 heavy (non-hydrogen) atoms. The van der Waals surface area contributed by atoms with Crippen LogP contribution in [0.25, 0.3) is 0 Å². The summed E-state index contributed by atoms with van der Waals surface area (Å²) < 4.78 is 23.9. The molecule has 0 bridgehead atoms. The van der Waals surface area contributed by atoms with Gasteiger partial charge in [0.05, 0.1) is 13.2 Å². The average molecular weight is 240 g/mol. The molecule has 0 saturated heterocycles. The molecule has 1 heterocycles. The number of carboxylic acid groups (broad SMARTS) is 1. The molecule has 0 spiro atoms. The van der Waals surface area contributed by atoms with Crippen molar-refractivity contribution in [3.63, 3.8) is 0 Å². The van der Waals surface area contributed by atoms with E-state index in [1.165, 1.54) is 0 Å². The fraction of sp³-hybridized carbons (Fsp3) is 0.417. The Labute approximate surface area is 98.0 Å². The van der Waals surface area contributed by atoms with Crippen molar-refractivity contribution in [3.8, 4) is 11.5 Å². The molecular weight excluding hydrogens is 227 g/mol. The van der Waals surface area contributed by atoms with Crippen molar-refractivity contribution in [2.24, 2.45) is 0 Å². The predicted molar refractivity (Wildman–Crippen MR) is 58.3 cm³/mol. The van der Waals surface area contributed by atoms with Crippen LogP contribution >= 0.6 is 0 Å². The quantitative estimate of drug-likeness (QED) is 0.875. The van der Waals surface area contributed by atoms with Gasteiger partial charge in [0.15, 0.2) is 11.5 Å². The fourth-order valence-corrected chi connectivity index (χ4v) is 1.63. The SMILES string of the molecule is O=C(O)C(F)Cc1ccc2c(c1)OCCCO2. The Hall–Kier alpha value is -1.78. The lowest BCUT2D eigenvalue weighted by molar-refractivity contribution is -0.142. The third kappa shape index (κ3) is 2.87. The first kappa shape index (κ1) is 11.7. The van der Waals surface area contributed by atoms with Gasteiger partial charge in [-0.25, -0.2) is 9.18 Å². The molecule has 92 valence electrons. The van der Waals surface area contributed by atoms with E-state index in [0.29, 0.717) is 30.3 Å². The zero-order valence-corrected chi connectivity index (χ0v) is 9.19. The van der Waals surface area contributed by atoms with Gasteiger partial charge in [-0.2, -0.15) is 0 Å². The van der Waals surface area contributed by atoms with E-state index in [-0.39, 0.29) is 6.42 Å². The van der Waals surface area contributed by atoms with Gasteiger partial charge in [0.25, 0.3) is 0 Å². The van der Waals surface area contributed by atoms with Crippen LogP contribution in [0.4, 0.5) is 4.39 Å². The molecule has 1 aliphatic rings. The molecule has 1 atom stereocenters. The largest absolute Gasteiger partial charge is 0.490 e. The zero-order valence-electron chi connectivity index (χ0n) is 9.19. The maximum atomic E-state index is 13.1. The highest BCUT2D eigenvalue weighted by atomic mass is 19.1. The molecule has 2 rings (SSSR count). The number of hydrogen-bond acceptors (Lipinski definition) is 3. The van der Waals surface area contributed by atoms with Crippen molar-refractivity contribution in [3.05, 3.63) is 23.8 Å². The number of carboxylic acids is 1. The first-order valence-electron chi connectivity index (χ1n) is 5.42. The van der Waals surface area contributed by atoms with Crippen LogP contribution < -0.4 is 9.47 Å². The van der Waals surface area contributed by atoms with E-state index in [9.17, 15) is 9.18 Å². The summed E-state index contributed by atoms with van der Waals surface area (Å²) in [4.78, 5) is 10.4. The van der Waals surface area contributed by atoms with Crippen molar-refractivity contribution in [1.29, 1.82) is 0 Å². The Morgan fingerprint density at radius 3 is 2.76 bits per heavy atom. The van der Waals surface area contributed by atoms with E-state index in [4.69, 9.17) is 14.6 Å². The number of rotatable bonds is 3. The van der Waals surface area contributed by atoms with Crippen molar-refractivity contribution in [2.75, 3.05) is 13.2 Å². The lowest BCUT2D eigenvalue weighted by Gasteiger charge is -2.09. The summed E-state index contributed by atoms with van der Waals surface area (Å²) in [5, 5.41) is 8.50. The summed E-state index contributed by atoms with van der Waals surface area (Å²) >= 11 is 0. The van der Waals surface area contributed by atoms with Gasteiger partial charge in [0, 0.05) is 12.8 Å². The molecule has 1 N–H and O–H groups in total. The monoisotopic (exact) mass is 240 g/mol. The van der Waals surface area contributed by atoms with Crippen LogP contribution in [0.5, 0.6) is 11.5 Å². The number of ether oxygens (including phenoxy) is 2. The number of fused-ring (bicyclic) bond motifs is 1. The molecule has 0 aromatic heterocycles. The molecule has 1 aromatic rings. The van der Waals surface area contributed by atoms with Gasteiger partial charge >= 0.3 is 5.97 Å². The van der Waals surface area contributed by atoms with Crippen LogP contribution in [-0.2, 0) is 11.2 Å². The Morgan fingerprint density at radius 1 is 1.35 bits per heavy atom. The highest BCUT2D eigenvalue weighted by Crippen LogP contribution is 2.30. The lowest BCUT2D eigenvalue weighted by atomic mass is 10.1. The molecule has 4 nitrogen and oxygen atoms in total. The van der Waals surface area contributed by atoms with E-state index in [2.05, 4.69) is 0 Å². The fourth-order valence-electron chi connectivity index (χ4n) is 1.63. The molecule has 0 aliphatic carbocycles. The van der Waals surface area contributed by atoms with E-state index in [1.54, 1.807) is 18.2 Å². The van der Waals surface area contributed by atoms with Crippen molar-refractivity contribution < 1.29 is 23.8 Å². The van der Waals surface area contributed by atoms with Gasteiger partial charge < -0.3 is 14.6 Å². The van der Waals surface area contributed by atoms with Crippen molar-refractivity contribution in [2.45, 2.75) is 19.0 Å². The summed E-state index contributed by atoms with van der Waals surface area (Å²) in [5.41, 5.74) is 0.587.